The maximum atomic E-state index is 12.9. The van der Waals surface area contributed by atoms with Crippen molar-refractivity contribution < 1.29 is 45.8 Å². The lowest BCUT2D eigenvalue weighted by Gasteiger charge is -2.27. The molecule has 6 aromatic carbocycles. The molecule has 0 amide bonds. The van der Waals surface area contributed by atoms with E-state index in [9.17, 15) is 9.13 Å². The van der Waals surface area contributed by atoms with E-state index in [0.717, 1.165) is 32.6 Å². The maximum absolute atomic E-state index is 12.9. The van der Waals surface area contributed by atoms with Crippen LogP contribution in [0.4, 0.5) is 0 Å². The molecule has 2 unspecified atom stereocenters. The minimum absolute atomic E-state index is 0.102. The van der Waals surface area contributed by atoms with Gasteiger partial charge in [-0.05, 0) is 118 Å². The predicted octanol–water partition coefficient (Wildman–Crippen LogP) is 11.8. The standard InChI is InChI=1S/C49H56N9O10P5S2/c1-56(51-35-41-19-23-44(24-20-41)66-54-53-50)37-65-43-29-31-49(32-30-43)73(47-13-9-7-10-14-47,48-15-11-8-12-16-48)55-69(74)67-45-27-21-42(22-28-45)36-52-57(2)70(75)68-46-25-17-40(18-26-46)33-34-58(38-71(59,61-3)62-4)39-72(60,63-5)64-6/h7-32,35-36H,33-34,37-39H2,1-6H3/q+2. The third-order valence-electron chi connectivity index (χ3n) is 10.9. The summed E-state index contributed by atoms with van der Waals surface area (Å²) in [7, 11) is -4.22. The number of azide groups is 1. The molecule has 19 nitrogen and oxygen atoms in total. The highest BCUT2D eigenvalue weighted by Crippen LogP contribution is 2.53. The Morgan fingerprint density at radius 2 is 1.07 bits per heavy atom. The van der Waals surface area contributed by atoms with Crippen molar-refractivity contribution in [3.05, 3.63) is 185 Å². The first-order chi connectivity index (χ1) is 36.2. The van der Waals surface area contributed by atoms with Crippen LogP contribution in [0.15, 0.2) is 178 Å². The van der Waals surface area contributed by atoms with Crippen molar-refractivity contribution in [1.82, 2.24) is 14.7 Å². The molecule has 392 valence electrons. The van der Waals surface area contributed by atoms with Gasteiger partial charge in [0.05, 0.1) is 19.5 Å². The molecule has 6 rings (SSSR count). The lowest BCUT2D eigenvalue weighted by Crippen LogP contribution is -2.29. The van der Waals surface area contributed by atoms with E-state index in [2.05, 4.69) is 44.7 Å². The van der Waals surface area contributed by atoms with Crippen molar-refractivity contribution in [2.75, 3.05) is 68.4 Å². The summed E-state index contributed by atoms with van der Waals surface area (Å²) < 4.78 is 72.0. The van der Waals surface area contributed by atoms with Gasteiger partial charge in [0.15, 0.2) is 18.2 Å². The Labute approximate surface area is 449 Å². The van der Waals surface area contributed by atoms with E-state index in [1.807, 2.05) is 109 Å². The number of hydrogen-bond donors (Lipinski definition) is 0. The summed E-state index contributed by atoms with van der Waals surface area (Å²) in [5.74, 6) is 2.20. The predicted molar refractivity (Wildman–Crippen MR) is 306 cm³/mol. The van der Waals surface area contributed by atoms with E-state index in [4.69, 9.17) is 70.4 Å². The van der Waals surface area contributed by atoms with Crippen LogP contribution in [0.5, 0.6) is 23.0 Å². The van der Waals surface area contributed by atoms with Crippen LogP contribution in [0.25, 0.3) is 10.4 Å². The minimum atomic E-state index is -3.45. The highest BCUT2D eigenvalue weighted by Gasteiger charge is 2.34. The number of ether oxygens (including phenoxy) is 1. The number of hydrogen-bond acceptors (Lipinski definition) is 17. The second-order valence-corrected chi connectivity index (χ2v) is 27.7. The maximum Gasteiger partial charge on any atom is 0.545 e. The smallest absolute Gasteiger partial charge is 0.472 e. The van der Waals surface area contributed by atoms with Gasteiger partial charge in [0.25, 0.3) is 0 Å². The fraction of sp³-hybridized carbons (Fsp3) is 0.224. The fourth-order valence-corrected chi connectivity index (χ4v) is 16.7. The van der Waals surface area contributed by atoms with E-state index >= 15 is 0 Å². The Bertz CT molecular complexity index is 3010. The topological polar surface area (TPSA) is 204 Å². The molecule has 0 saturated carbocycles. The van der Waals surface area contributed by atoms with E-state index < -0.39 is 36.4 Å². The van der Waals surface area contributed by atoms with Crippen LogP contribution in [0.2, 0.25) is 0 Å². The van der Waals surface area contributed by atoms with Crippen LogP contribution in [-0.4, -0.2) is 95.5 Å². The second-order valence-electron chi connectivity index (χ2n) is 15.9. The van der Waals surface area contributed by atoms with Crippen LogP contribution in [-0.2, 0) is 57.3 Å². The van der Waals surface area contributed by atoms with E-state index in [1.165, 1.54) is 28.4 Å². The number of hydrazone groups is 2. The molecule has 0 aliphatic carbocycles. The Hall–Kier alpha value is -5.70. The first-order valence-corrected chi connectivity index (χ1v) is 32.3. The summed E-state index contributed by atoms with van der Waals surface area (Å²) in [6, 6.07) is 50.1. The number of nitrogens with zero attached hydrogens (tertiary/aromatic N) is 9. The van der Waals surface area contributed by atoms with Gasteiger partial charge in [-0.25, -0.2) is 0 Å². The van der Waals surface area contributed by atoms with Gasteiger partial charge in [0.1, 0.15) is 36.4 Å². The van der Waals surface area contributed by atoms with Crippen LogP contribution in [0.1, 0.15) is 16.7 Å². The molecule has 6 aromatic rings. The lowest BCUT2D eigenvalue weighted by molar-refractivity contribution is 0.158. The summed E-state index contributed by atoms with van der Waals surface area (Å²) >= 11 is 11.8. The molecule has 0 N–H and O–H groups in total. The zero-order chi connectivity index (χ0) is 53.7. The molecule has 75 heavy (non-hydrogen) atoms. The molecule has 0 bridgehead atoms. The van der Waals surface area contributed by atoms with Crippen LogP contribution in [0.3, 0.4) is 0 Å². The van der Waals surface area contributed by atoms with E-state index in [1.54, 1.807) is 65.5 Å². The van der Waals surface area contributed by atoms with Crippen molar-refractivity contribution in [3.8, 4) is 23.0 Å². The Morgan fingerprint density at radius 3 is 1.59 bits per heavy atom. The third-order valence-corrected chi connectivity index (χ3v) is 22.6. The largest absolute Gasteiger partial charge is 0.545 e. The molecule has 26 heteroatoms. The van der Waals surface area contributed by atoms with Gasteiger partial charge in [-0.15, -0.1) is 5.10 Å². The van der Waals surface area contributed by atoms with Gasteiger partial charge in [0.2, 0.25) is 23.6 Å². The Balaban J connectivity index is 1.09. The van der Waals surface area contributed by atoms with Gasteiger partial charge >= 0.3 is 29.3 Å². The van der Waals surface area contributed by atoms with Gasteiger partial charge < -0.3 is 27.7 Å². The molecular formula is C49H56N9O10P5S2+2. The average Bonchev–Trinajstić information content (AvgIpc) is 3.45. The molecule has 0 fully saturated rings. The van der Waals surface area contributed by atoms with Gasteiger partial charge in [-0.1, -0.05) is 77.6 Å². The first-order valence-electron chi connectivity index (χ1n) is 22.7. The summed E-state index contributed by atoms with van der Waals surface area (Å²) in [5, 5.41) is 16.8. The molecule has 0 heterocycles. The zero-order valence-electron chi connectivity index (χ0n) is 41.9. The molecule has 0 aromatic heterocycles. The quantitative estimate of drug-likeness (QED) is 0.00815. The molecule has 0 radical (unpaired) electrons. The molecule has 0 saturated heterocycles. The summed E-state index contributed by atoms with van der Waals surface area (Å²) in [6.45, 7) is 0.552. The Morgan fingerprint density at radius 1 is 0.600 bits per heavy atom. The zero-order valence-corrected chi connectivity index (χ0v) is 48.0. The van der Waals surface area contributed by atoms with Gasteiger partial charge in [-0.2, -0.15) is 5.10 Å². The molecule has 2 atom stereocenters. The van der Waals surface area contributed by atoms with Crippen molar-refractivity contribution in [2.24, 2.45) is 20.0 Å². The normalized spacial score (nSPS) is 12.3. The minimum Gasteiger partial charge on any atom is -0.472 e. The van der Waals surface area contributed by atoms with Crippen LogP contribution >= 0.6 is 36.4 Å². The molecule has 0 aliphatic rings. The monoisotopic (exact) mass is 1150 g/mol. The fourth-order valence-electron chi connectivity index (χ4n) is 6.93. The molecule has 0 aliphatic heterocycles. The third kappa shape index (κ3) is 17.4. The first kappa shape index (κ1) is 58.6. The highest BCUT2D eigenvalue weighted by molar-refractivity contribution is 8.05. The lowest BCUT2D eigenvalue weighted by atomic mass is 10.1. The van der Waals surface area contributed by atoms with E-state index in [0.29, 0.717) is 36.0 Å². The SMILES string of the molecule is COP(=O)(CN(CCc1ccc(O[P+](=S)N(C)N=Cc2ccc(O[P+](=S)N=P(c3ccccc3)(c3ccccc3)c3ccc(OCN(C)N=Cc4ccc(ON=[N+]=[N-])cc4)cc3)cc2)cc1)CP(=O)(OC)OC)OC. The van der Waals surface area contributed by atoms with Crippen molar-refractivity contribution >= 4 is 88.4 Å². The van der Waals surface area contributed by atoms with Crippen molar-refractivity contribution in [3.63, 3.8) is 0 Å². The highest BCUT2D eigenvalue weighted by atomic mass is 32.4. The summed E-state index contributed by atoms with van der Waals surface area (Å²) in [6.07, 6.45) is 3.69. The van der Waals surface area contributed by atoms with Crippen molar-refractivity contribution in [2.45, 2.75) is 6.42 Å². The number of benzene rings is 6. The van der Waals surface area contributed by atoms with Crippen LogP contribution < -0.4 is 34.5 Å². The van der Waals surface area contributed by atoms with Gasteiger partial charge in [-0.3, -0.25) is 28.1 Å². The second kappa shape index (κ2) is 29.0. The molecular weight excluding hydrogens is 1090 g/mol. The van der Waals surface area contributed by atoms with E-state index in [-0.39, 0.29) is 19.3 Å². The summed E-state index contributed by atoms with van der Waals surface area (Å²) in [5.41, 5.74) is 11.0. The van der Waals surface area contributed by atoms with Crippen LogP contribution in [0, 0.1) is 0 Å². The molecule has 0 spiro atoms. The van der Waals surface area contributed by atoms with Crippen molar-refractivity contribution in [1.29, 1.82) is 0 Å². The summed E-state index contributed by atoms with van der Waals surface area (Å²) in [4.78, 5) is 9.17. The van der Waals surface area contributed by atoms with Gasteiger partial charge in [0, 0.05) is 62.9 Å². The number of rotatable bonds is 29. The average molecular weight is 1150 g/mol. The Kier molecular flexibility index (Phi) is 22.6.